The zero-order chi connectivity index (χ0) is 14.0. The number of halogens is 1. The fourth-order valence-electron chi connectivity index (χ4n) is 2.63. The Morgan fingerprint density at radius 3 is 2.84 bits per heavy atom. The Kier molecular flexibility index (Phi) is 4.45. The molecule has 0 saturated carbocycles. The maximum atomic E-state index is 12.5. The molecule has 0 spiro atoms. The third kappa shape index (κ3) is 2.91. The Hall–Kier alpha value is -1.10. The van der Waals surface area contributed by atoms with Crippen molar-refractivity contribution in [3.63, 3.8) is 0 Å². The number of hydrogen-bond acceptors (Lipinski definition) is 2. The minimum absolute atomic E-state index is 0.0385. The van der Waals surface area contributed by atoms with Crippen molar-refractivity contribution in [2.75, 3.05) is 6.54 Å². The third-order valence-corrected chi connectivity index (χ3v) is 4.00. The Labute approximate surface area is 121 Å². The highest BCUT2D eigenvalue weighted by atomic mass is 79.9. The van der Waals surface area contributed by atoms with E-state index in [9.17, 15) is 9.59 Å². The molecular formula is C14H19BrN2O2. The van der Waals surface area contributed by atoms with Gasteiger partial charge in [-0.1, -0.05) is 13.3 Å². The number of likely N-dealkylation sites (tertiary alicyclic amines) is 1. The van der Waals surface area contributed by atoms with Crippen LogP contribution in [-0.4, -0.2) is 27.8 Å². The van der Waals surface area contributed by atoms with Crippen LogP contribution in [0, 0.1) is 5.92 Å². The van der Waals surface area contributed by atoms with Crippen LogP contribution in [0.4, 0.5) is 0 Å². The van der Waals surface area contributed by atoms with Crippen molar-refractivity contribution in [1.29, 1.82) is 0 Å². The number of imide groups is 1. The van der Waals surface area contributed by atoms with E-state index in [0.717, 1.165) is 17.3 Å². The molecular weight excluding hydrogens is 308 g/mol. The number of nitrogens with zero attached hydrogens (tertiary/aromatic N) is 2. The molecule has 2 amide bonds. The molecule has 1 aliphatic rings. The average Bonchev–Trinajstić information content (AvgIpc) is 2.92. The molecule has 0 bridgehead atoms. The number of amides is 2. The zero-order valence-electron chi connectivity index (χ0n) is 11.4. The molecule has 1 unspecified atom stereocenters. The van der Waals surface area contributed by atoms with Crippen molar-refractivity contribution in [3.05, 3.63) is 22.4 Å². The summed E-state index contributed by atoms with van der Waals surface area (Å²) in [6, 6.07) is 1.78. The molecule has 0 aliphatic carbocycles. The van der Waals surface area contributed by atoms with Crippen LogP contribution in [0.3, 0.4) is 0 Å². The fraction of sp³-hybridized carbons (Fsp3) is 0.571. The van der Waals surface area contributed by atoms with Crippen molar-refractivity contribution in [3.8, 4) is 0 Å². The minimum Gasteiger partial charge on any atom is -0.343 e. The van der Waals surface area contributed by atoms with E-state index in [0.29, 0.717) is 31.1 Å². The number of carbonyl (C=O) groups is 2. The van der Waals surface area contributed by atoms with Crippen LogP contribution < -0.4 is 0 Å². The normalized spacial score (nSPS) is 19.2. The number of aromatic nitrogens is 1. The van der Waals surface area contributed by atoms with Gasteiger partial charge < -0.3 is 4.57 Å². The molecule has 5 heteroatoms. The summed E-state index contributed by atoms with van der Waals surface area (Å²) in [6.45, 7) is 5.37. The summed E-state index contributed by atoms with van der Waals surface area (Å²) in [5, 5.41) is 0. The Morgan fingerprint density at radius 2 is 2.21 bits per heavy atom. The van der Waals surface area contributed by atoms with Crippen LogP contribution >= 0.6 is 15.9 Å². The maximum Gasteiger partial charge on any atom is 0.277 e. The van der Waals surface area contributed by atoms with Crippen LogP contribution in [0.25, 0.3) is 0 Å². The smallest absolute Gasteiger partial charge is 0.277 e. The van der Waals surface area contributed by atoms with E-state index < -0.39 is 0 Å². The molecule has 0 aromatic carbocycles. The average molecular weight is 327 g/mol. The van der Waals surface area contributed by atoms with Gasteiger partial charge in [-0.05, 0) is 41.3 Å². The van der Waals surface area contributed by atoms with Gasteiger partial charge in [0, 0.05) is 30.2 Å². The third-order valence-electron chi connectivity index (χ3n) is 3.57. The van der Waals surface area contributed by atoms with Crippen molar-refractivity contribution >= 4 is 27.7 Å². The maximum absolute atomic E-state index is 12.5. The van der Waals surface area contributed by atoms with E-state index in [1.165, 1.54) is 4.90 Å². The Balaban J connectivity index is 2.17. The van der Waals surface area contributed by atoms with Gasteiger partial charge in [0.05, 0.1) is 0 Å². The summed E-state index contributed by atoms with van der Waals surface area (Å²) < 4.78 is 2.74. The SMILES string of the molecule is CCCC1CC(=O)N(C(=O)c2cc(Br)cn2CC)C1. The second kappa shape index (κ2) is 5.90. The second-order valence-electron chi connectivity index (χ2n) is 5.00. The first kappa shape index (κ1) is 14.3. The number of hydrogen-bond donors (Lipinski definition) is 0. The molecule has 1 aromatic rings. The van der Waals surface area contributed by atoms with Gasteiger partial charge in [-0.15, -0.1) is 0 Å². The lowest BCUT2D eigenvalue weighted by Crippen LogP contribution is -2.33. The minimum atomic E-state index is -0.170. The van der Waals surface area contributed by atoms with Gasteiger partial charge in [-0.2, -0.15) is 0 Å². The van der Waals surface area contributed by atoms with Gasteiger partial charge in [0.25, 0.3) is 5.91 Å². The predicted octanol–water partition coefficient (Wildman–Crippen LogP) is 3.06. The molecule has 4 nitrogen and oxygen atoms in total. The van der Waals surface area contributed by atoms with Gasteiger partial charge >= 0.3 is 0 Å². The van der Waals surface area contributed by atoms with E-state index in [2.05, 4.69) is 22.9 Å². The summed E-state index contributed by atoms with van der Waals surface area (Å²) in [6.07, 6.45) is 4.44. The molecule has 2 rings (SSSR count). The summed E-state index contributed by atoms with van der Waals surface area (Å²) in [7, 11) is 0. The molecule has 104 valence electrons. The monoisotopic (exact) mass is 326 g/mol. The van der Waals surface area contributed by atoms with Gasteiger partial charge in [0.2, 0.25) is 5.91 Å². The zero-order valence-corrected chi connectivity index (χ0v) is 12.9. The first-order valence-corrected chi connectivity index (χ1v) is 7.56. The molecule has 2 heterocycles. The summed E-state index contributed by atoms with van der Waals surface area (Å²) in [5.41, 5.74) is 0.583. The summed E-state index contributed by atoms with van der Waals surface area (Å²) in [4.78, 5) is 25.8. The van der Waals surface area contributed by atoms with Crippen molar-refractivity contribution in [2.24, 2.45) is 5.92 Å². The van der Waals surface area contributed by atoms with Gasteiger partial charge in [-0.3, -0.25) is 14.5 Å². The molecule has 0 radical (unpaired) electrons. The van der Waals surface area contributed by atoms with Crippen LogP contribution in [0.5, 0.6) is 0 Å². The fourth-order valence-corrected chi connectivity index (χ4v) is 3.10. The van der Waals surface area contributed by atoms with Gasteiger partial charge in [-0.25, -0.2) is 0 Å². The topological polar surface area (TPSA) is 42.3 Å². The number of carbonyl (C=O) groups excluding carboxylic acids is 2. The molecule has 1 saturated heterocycles. The van der Waals surface area contributed by atoms with E-state index in [1.807, 2.05) is 17.7 Å². The van der Waals surface area contributed by atoms with E-state index >= 15 is 0 Å². The number of rotatable bonds is 4. The quantitative estimate of drug-likeness (QED) is 0.798. The highest BCUT2D eigenvalue weighted by Crippen LogP contribution is 2.25. The molecule has 1 atom stereocenters. The first-order chi connectivity index (χ1) is 9.06. The lowest BCUT2D eigenvalue weighted by Gasteiger charge is -2.15. The lowest BCUT2D eigenvalue weighted by molar-refractivity contribution is -0.125. The van der Waals surface area contributed by atoms with Gasteiger partial charge in [0.1, 0.15) is 5.69 Å². The highest BCUT2D eigenvalue weighted by molar-refractivity contribution is 9.10. The first-order valence-electron chi connectivity index (χ1n) is 6.77. The van der Waals surface area contributed by atoms with E-state index in [-0.39, 0.29) is 11.8 Å². The van der Waals surface area contributed by atoms with Crippen LogP contribution in [0.2, 0.25) is 0 Å². The lowest BCUT2D eigenvalue weighted by atomic mass is 10.0. The van der Waals surface area contributed by atoms with Gasteiger partial charge in [0.15, 0.2) is 0 Å². The van der Waals surface area contributed by atoms with Crippen LogP contribution in [0.1, 0.15) is 43.6 Å². The van der Waals surface area contributed by atoms with Crippen LogP contribution in [0.15, 0.2) is 16.7 Å². The standard InChI is InChI=1S/C14H19BrN2O2/c1-3-5-10-6-13(18)17(8-10)14(19)12-7-11(15)9-16(12)4-2/h7,9-10H,3-6,8H2,1-2H3. The molecule has 1 aromatic heterocycles. The van der Waals surface area contributed by atoms with E-state index in [1.54, 1.807) is 6.07 Å². The van der Waals surface area contributed by atoms with Crippen molar-refractivity contribution in [2.45, 2.75) is 39.7 Å². The largest absolute Gasteiger partial charge is 0.343 e. The molecule has 0 N–H and O–H groups in total. The summed E-state index contributed by atoms with van der Waals surface area (Å²) in [5.74, 6) is 0.120. The van der Waals surface area contributed by atoms with Crippen molar-refractivity contribution in [1.82, 2.24) is 9.47 Å². The summed E-state index contributed by atoms with van der Waals surface area (Å²) >= 11 is 3.38. The second-order valence-corrected chi connectivity index (χ2v) is 5.91. The molecule has 1 fully saturated rings. The Morgan fingerprint density at radius 1 is 1.47 bits per heavy atom. The molecule has 19 heavy (non-hydrogen) atoms. The number of aryl methyl sites for hydroxylation is 1. The highest BCUT2D eigenvalue weighted by Gasteiger charge is 2.34. The van der Waals surface area contributed by atoms with Crippen LogP contribution in [-0.2, 0) is 11.3 Å². The van der Waals surface area contributed by atoms with Crippen molar-refractivity contribution < 1.29 is 9.59 Å². The van der Waals surface area contributed by atoms with E-state index in [4.69, 9.17) is 0 Å². The Bertz CT molecular complexity index is 496. The predicted molar refractivity (Wildman–Crippen MR) is 76.9 cm³/mol. The molecule has 1 aliphatic heterocycles.